The van der Waals surface area contributed by atoms with E-state index in [1.807, 2.05) is 56.3 Å². The van der Waals surface area contributed by atoms with Crippen molar-refractivity contribution in [2.75, 3.05) is 0 Å². The summed E-state index contributed by atoms with van der Waals surface area (Å²) in [4.78, 5) is 26.2. The number of carbonyl (C=O) groups is 2. The maximum Gasteiger partial charge on any atom is 0.268 e. The number of rotatable bonds is 7. The van der Waals surface area contributed by atoms with Gasteiger partial charge in [0.2, 0.25) is 0 Å². The summed E-state index contributed by atoms with van der Waals surface area (Å²) in [5, 5.41) is 6.62. The first-order valence-electron chi connectivity index (χ1n) is 11.3. The largest absolute Gasteiger partial charge is 0.457 e. The fraction of sp³-hybridized carbons (Fsp3) is 0.103. The average Bonchev–Trinajstić information content (AvgIpc) is 3.32. The van der Waals surface area contributed by atoms with Crippen molar-refractivity contribution in [3.63, 3.8) is 0 Å². The summed E-state index contributed by atoms with van der Waals surface area (Å²) in [6, 6.07) is 24.9. The second-order valence-electron chi connectivity index (χ2n) is 8.31. The van der Waals surface area contributed by atoms with E-state index < -0.39 is 11.8 Å². The van der Waals surface area contributed by atoms with Gasteiger partial charge in [0, 0.05) is 22.2 Å². The molecule has 2 amide bonds. The summed E-state index contributed by atoms with van der Waals surface area (Å²) in [6.45, 7) is 3.81. The molecule has 1 heterocycles. The van der Waals surface area contributed by atoms with Crippen LogP contribution in [0.3, 0.4) is 0 Å². The van der Waals surface area contributed by atoms with Gasteiger partial charge in [-0.2, -0.15) is 0 Å². The SMILES string of the molecule is Cc1ccc(C(=O)N/C(=C\c2ccc(-c3ccc(Cl)cc3Cl)o2)C(=O)N[C@@H](C)c2ccccc2)cc1. The summed E-state index contributed by atoms with van der Waals surface area (Å²) >= 11 is 12.3. The van der Waals surface area contributed by atoms with Crippen LogP contribution in [0.5, 0.6) is 0 Å². The minimum absolute atomic E-state index is 0.0476. The quantitative estimate of drug-likeness (QED) is 0.254. The number of carbonyl (C=O) groups excluding carboxylic acids is 2. The standard InChI is InChI=1S/C29H24Cl2N2O3/c1-18-8-10-21(11-9-18)28(34)33-26(29(35)32-19(2)20-6-4-3-5-7-20)17-23-13-15-27(36-23)24-14-12-22(30)16-25(24)31/h3-17,19H,1-2H3,(H,32,35)(H,33,34)/b26-17-/t19-/m0/s1. The first-order chi connectivity index (χ1) is 17.3. The van der Waals surface area contributed by atoms with Crippen LogP contribution in [0, 0.1) is 6.92 Å². The van der Waals surface area contributed by atoms with Crippen molar-refractivity contribution in [3.8, 4) is 11.3 Å². The molecular weight excluding hydrogens is 495 g/mol. The Morgan fingerprint density at radius 1 is 0.917 bits per heavy atom. The number of furan rings is 1. The molecule has 0 aliphatic heterocycles. The fourth-order valence-electron chi connectivity index (χ4n) is 3.56. The van der Waals surface area contributed by atoms with Crippen LogP contribution in [-0.2, 0) is 4.79 Å². The van der Waals surface area contributed by atoms with Crippen LogP contribution in [-0.4, -0.2) is 11.8 Å². The van der Waals surface area contributed by atoms with Crippen molar-refractivity contribution in [2.45, 2.75) is 19.9 Å². The molecule has 5 nitrogen and oxygen atoms in total. The molecule has 0 fully saturated rings. The molecule has 7 heteroatoms. The number of halogens is 2. The Morgan fingerprint density at radius 2 is 1.64 bits per heavy atom. The first-order valence-corrected chi connectivity index (χ1v) is 12.1. The summed E-state index contributed by atoms with van der Waals surface area (Å²) in [6.07, 6.45) is 1.49. The van der Waals surface area contributed by atoms with E-state index in [4.69, 9.17) is 27.6 Å². The number of nitrogens with one attached hydrogen (secondary N) is 2. The van der Waals surface area contributed by atoms with Gasteiger partial charge in [-0.1, -0.05) is 71.2 Å². The van der Waals surface area contributed by atoms with Crippen LogP contribution in [0.1, 0.15) is 40.2 Å². The van der Waals surface area contributed by atoms with E-state index in [9.17, 15) is 9.59 Å². The van der Waals surface area contributed by atoms with Gasteiger partial charge in [-0.3, -0.25) is 9.59 Å². The lowest BCUT2D eigenvalue weighted by Crippen LogP contribution is -2.36. The molecule has 0 aliphatic carbocycles. The molecule has 4 rings (SSSR count). The molecule has 0 saturated carbocycles. The minimum Gasteiger partial charge on any atom is -0.457 e. The highest BCUT2D eigenvalue weighted by Crippen LogP contribution is 2.32. The molecule has 2 N–H and O–H groups in total. The van der Waals surface area contributed by atoms with Crippen molar-refractivity contribution < 1.29 is 14.0 Å². The third kappa shape index (κ3) is 6.25. The number of benzene rings is 3. The molecule has 3 aromatic carbocycles. The lowest BCUT2D eigenvalue weighted by Gasteiger charge is -2.16. The van der Waals surface area contributed by atoms with E-state index in [2.05, 4.69) is 10.6 Å². The van der Waals surface area contributed by atoms with E-state index >= 15 is 0 Å². The van der Waals surface area contributed by atoms with Gasteiger partial charge in [-0.05, 0) is 61.9 Å². The van der Waals surface area contributed by atoms with E-state index in [-0.39, 0.29) is 11.7 Å². The number of aryl methyl sites for hydroxylation is 1. The summed E-state index contributed by atoms with van der Waals surface area (Å²) in [5.74, 6) is 0.0218. The topological polar surface area (TPSA) is 71.3 Å². The van der Waals surface area contributed by atoms with Gasteiger partial charge in [-0.25, -0.2) is 0 Å². The normalized spacial score (nSPS) is 12.2. The van der Waals surface area contributed by atoms with Gasteiger partial charge < -0.3 is 15.1 Å². The zero-order chi connectivity index (χ0) is 25.7. The van der Waals surface area contributed by atoms with Crippen molar-refractivity contribution in [3.05, 3.63) is 123 Å². The van der Waals surface area contributed by atoms with Gasteiger partial charge in [0.15, 0.2) is 0 Å². The fourth-order valence-corrected chi connectivity index (χ4v) is 4.07. The third-order valence-electron chi connectivity index (χ3n) is 5.56. The smallest absolute Gasteiger partial charge is 0.268 e. The van der Waals surface area contributed by atoms with Gasteiger partial charge in [0.25, 0.3) is 11.8 Å². The molecule has 0 radical (unpaired) electrons. The van der Waals surface area contributed by atoms with Gasteiger partial charge in [0.05, 0.1) is 11.1 Å². The van der Waals surface area contributed by atoms with Crippen molar-refractivity contribution >= 4 is 41.1 Å². The van der Waals surface area contributed by atoms with Crippen LogP contribution in [0.4, 0.5) is 0 Å². The Morgan fingerprint density at radius 3 is 2.33 bits per heavy atom. The van der Waals surface area contributed by atoms with Gasteiger partial charge in [-0.15, -0.1) is 0 Å². The van der Waals surface area contributed by atoms with E-state index in [1.54, 1.807) is 42.5 Å². The zero-order valence-corrected chi connectivity index (χ0v) is 21.2. The predicted octanol–water partition coefficient (Wildman–Crippen LogP) is 7.21. The molecule has 1 aromatic heterocycles. The van der Waals surface area contributed by atoms with Crippen LogP contribution >= 0.6 is 23.2 Å². The molecule has 0 aliphatic rings. The lowest BCUT2D eigenvalue weighted by atomic mass is 10.1. The first kappa shape index (κ1) is 25.3. The molecule has 0 saturated heterocycles. The Bertz CT molecular complexity index is 1410. The third-order valence-corrected chi connectivity index (χ3v) is 6.11. The molecule has 182 valence electrons. The van der Waals surface area contributed by atoms with E-state index in [1.165, 1.54) is 6.08 Å². The lowest BCUT2D eigenvalue weighted by molar-refractivity contribution is -0.118. The van der Waals surface area contributed by atoms with Crippen molar-refractivity contribution in [1.29, 1.82) is 0 Å². The van der Waals surface area contributed by atoms with Crippen LogP contribution in [0.25, 0.3) is 17.4 Å². The monoisotopic (exact) mass is 518 g/mol. The Balaban J connectivity index is 1.62. The molecule has 0 bridgehead atoms. The van der Waals surface area contributed by atoms with Gasteiger partial charge in [0.1, 0.15) is 17.2 Å². The van der Waals surface area contributed by atoms with Gasteiger partial charge >= 0.3 is 0 Å². The summed E-state index contributed by atoms with van der Waals surface area (Å²) in [5.41, 5.74) is 3.11. The second kappa shape index (κ2) is 11.3. The van der Waals surface area contributed by atoms with E-state index in [0.29, 0.717) is 32.7 Å². The molecular formula is C29H24Cl2N2O3. The minimum atomic E-state index is -0.450. The molecule has 0 unspecified atom stereocenters. The maximum absolute atomic E-state index is 13.2. The predicted molar refractivity (Wildman–Crippen MR) is 144 cm³/mol. The van der Waals surface area contributed by atoms with Crippen molar-refractivity contribution in [2.24, 2.45) is 0 Å². The molecule has 0 spiro atoms. The van der Waals surface area contributed by atoms with Crippen LogP contribution < -0.4 is 10.6 Å². The molecule has 36 heavy (non-hydrogen) atoms. The average molecular weight is 519 g/mol. The van der Waals surface area contributed by atoms with Crippen molar-refractivity contribution in [1.82, 2.24) is 10.6 Å². The molecule has 1 atom stereocenters. The van der Waals surface area contributed by atoms with E-state index in [0.717, 1.165) is 11.1 Å². The number of hydrogen-bond acceptors (Lipinski definition) is 3. The highest BCUT2D eigenvalue weighted by Gasteiger charge is 2.18. The van der Waals surface area contributed by atoms with Crippen LogP contribution in [0.15, 0.2) is 95.0 Å². The van der Waals surface area contributed by atoms with Crippen LogP contribution in [0.2, 0.25) is 10.0 Å². The Kier molecular flexibility index (Phi) is 7.93. The number of hydrogen-bond donors (Lipinski definition) is 2. The Hall–Kier alpha value is -3.80. The Labute approximate surface area is 219 Å². The maximum atomic E-state index is 13.2. The zero-order valence-electron chi connectivity index (χ0n) is 19.7. The summed E-state index contributed by atoms with van der Waals surface area (Å²) < 4.78 is 5.93. The number of amides is 2. The highest BCUT2D eigenvalue weighted by atomic mass is 35.5. The molecule has 4 aromatic rings. The second-order valence-corrected chi connectivity index (χ2v) is 9.15. The summed E-state index contributed by atoms with van der Waals surface area (Å²) in [7, 11) is 0. The highest BCUT2D eigenvalue weighted by molar-refractivity contribution is 6.36.